The number of rotatable bonds is 6. The van der Waals surface area contributed by atoms with Crippen LogP contribution in [0.4, 0.5) is 26.1 Å². The number of methoxy groups -OCH3 is 1. The van der Waals surface area contributed by atoms with Crippen LogP contribution < -0.4 is 14.9 Å². The van der Waals surface area contributed by atoms with Crippen LogP contribution in [-0.2, 0) is 0 Å². The fourth-order valence-electron chi connectivity index (χ4n) is 1.50. The normalized spacial score (nSPS) is 12.3. The summed E-state index contributed by atoms with van der Waals surface area (Å²) in [4.78, 5) is 0. The molecule has 0 heterocycles. The molecule has 0 radical (unpaired) electrons. The zero-order chi connectivity index (χ0) is 15.4. The number of halogens is 6. The van der Waals surface area contributed by atoms with Crippen LogP contribution in [0.25, 0.3) is 0 Å². The first-order chi connectivity index (χ1) is 9.13. The molecule has 0 aliphatic heterocycles. The van der Waals surface area contributed by atoms with Gasteiger partial charge >= 0.3 is 13.2 Å². The molecule has 0 aliphatic rings. The van der Waals surface area contributed by atoms with Gasteiger partial charge in [0.15, 0.2) is 0 Å². The Morgan fingerprint density at radius 1 is 1.15 bits per heavy atom. The summed E-state index contributed by atoms with van der Waals surface area (Å²) in [5, 5.41) is 0. The van der Waals surface area contributed by atoms with Gasteiger partial charge < -0.3 is 22.4 Å². The van der Waals surface area contributed by atoms with Crippen molar-refractivity contribution < 1.29 is 35.6 Å². The lowest BCUT2D eigenvalue weighted by Gasteiger charge is -2.20. The zero-order valence-corrected chi connectivity index (χ0v) is 10.5. The van der Waals surface area contributed by atoms with Crippen molar-refractivity contribution in [1.82, 2.24) is 0 Å². The van der Waals surface area contributed by atoms with E-state index in [0.717, 1.165) is 12.1 Å². The molecule has 0 spiro atoms. The molecule has 0 saturated heterocycles. The van der Waals surface area contributed by atoms with Crippen molar-refractivity contribution in [2.45, 2.75) is 19.0 Å². The molecule has 0 bridgehead atoms. The van der Waals surface area contributed by atoms with Crippen molar-refractivity contribution in [3.05, 3.63) is 18.2 Å². The lowest BCUT2D eigenvalue weighted by atomic mass is 9.79. The van der Waals surface area contributed by atoms with Gasteiger partial charge in [0, 0.05) is 6.42 Å². The van der Waals surface area contributed by atoms with Gasteiger partial charge in [0.1, 0.15) is 5.75 Å². The highest BCUT2D eigenvalue weighted by molar-refractivity contribution is 6.74. The van der Waals surface area contributed by atoms with Gasteiger partial charge in [-0.1, -0.05) is 5.46 Å². The molecule has 9 heteroatoms. The number of hydrogen-bond donors (Lipinski definition) is 0. The topological polar surface area (TPSA) is 18.5 Å². The fraction of sp³-hybridized carbons (Fsp3) is 0.455. The fourth-order valence-corrected chi connectivity index (χ4v) is 1.50. The third-order valence-electron chi connectivity index (χ3n) is 2.43. The van der Waals surface area contributed by atoms with E-state index < -0.39 is 43.8 Å². The molecular formula is C11H12BF6O2-. The maximum absolute atomic E-state index is 12.8. The summed E-state index contributed by atoms with van der Waals surface area (Å²) in [7, 11) is 1.21. The second-order valence-corrected chi connectivity index (χ2v) is 4.05. The highest BCUT2D eigenvalue weighted by atomic mass is 19.4. The predicted molar refractivity (Wildman–Crippen MR) is 62.5 cm³/mol. The van der Waals surface area contributed by atoms with Crippen LogP contribution in [0.2, 0.25) is 0 Å². The number of ether oxygens (including phenoxy) is 2. The standard InChI is InChI=1S/C11H12BF6O2/c1-19-8-3-4-10(9(7-8)12(16,17)18)20-6-2-5-11(13,14)15/h3-4,7H,2,5-6H2,1H3/q-1. The summed E-state index contributed by atoms with van der Waals surface area (Å²) in [6.45, 7) is -5.78. The van der Waals surface area contributed by atoms with Crippen LogP contribution in [-0.4, -0.2) is 26.9 Å². The summed E-state index contributed by atoms with van der Waals surface area (Å²) >= 11 is 0. The molecular weight excluding hydrogens is 289 g/mol. The van der Waals surface area contributed by atoms with Crippen LogP contribution in [0.15, 0.2) is 18.2 Å². The summed E-state index contributed by atoms with van der Waals surface area (Å²) in [5.41, 5.74) is -1.02. The van der Waals surface area contributed by atoms with E-state index in [4.69, 9.17) is 4.74 Å². The van der Waals surface area contributed by atoms with Crippen molar-refractivity contribution >= 4 is 12.4 Å². The van der Waals surface area contributed by atoms with Gasteiger partial charge in [-0.2, -0.15) is 13.2 Å². The van der Waals surface area contributed by atoms with E-state index in [1.165, 1.54) is 13.2 Å². The molecule has 0 unspecified atom stereocenters. The van der Waals surface area contributed by atoms with Crippen molar-refractivity contribution in [2.24, 2.45) is 0 Å². The second kappa shape index (κ2) is 6.28. The van der Waals surface area contributed by atoms with Crippen LogP contribution >= 0.6 is 0 Å². The molecule has 1 rings (SSSR count). The number of alkyl halides is 3. The predicted octanol–water partition coefficient (Wildman–Crippen LogP) is 3.47. The minimum atomic E-state index is -5.34. The van der Waals surface area contributed by atoms with Gasteiger partial charge in [-0.05, 0) is 24.6 Å². The minimum Gasteiger partial charge on any atom is -0.497 e. The Labute approximate surface area is 111 Å². The van der Waals surface area contributed by atoms with Crippen LogP contribution in [0.5, 0.6) is 11.5 Å². The quantitative estimate of drug-likeness (QED) is 0.455. The zero-order valence-electron chi connectivity index (χ0n) is 10.5. The van der Waals surface area contributed by atoms with Crippen molar-refractivity contribution in [1.29, 1.82) is 0 Å². The summed E-state index contributed by atoms with van der Waals surface area (Å²) in [6.07, 6.45) is -5.85. The smallest absolute Gasteiger partial charge is 0.497 e. The molecule has 0 fully saturated rings. The average Bonchev–Trinajstić information content (AvgIpc) is 2.32. The van der Waals surface area contributed by atoms with Gasteiger partial charge in [0.25, 0.3) is 0 Å². The Hall–Kier alpha value is -1.54. The van der Waals surface area contributed by atoms with Gasteiger partial charge in [0.05, 0.1) is 19.5 Å². The van der Waals surface area contributed by atoms with Gasteiger partial charge in [-0.15, -0.1) is 0 Å². The van der Waals surface area contributed by atoms with Gasteiger partial charge in [-0.25, -0.2) is 0 Å². The van der Waals surface area contributed by atoms with Crippen molar-refractivity contribution in [3.8, 4) is 11.5 Å². The Bertz CT molecular complexity index is 444. The molecule has 2 nitrogen and oxygen atoms in total. The maximum atomic E-state index is 12.8. The van der Waals surface area contributed by atoms with Crippen LogP contribution in [0, 0.1) is 0 Å². The first-order valence-electron chi connectivity index (χ1n) is 5.71. The second-order valence-electron chi connectivity index (χ2n) is 4.05. The molecule has 0 amide bonds. The molecule has 0 aromatic heterocycles. The molecule has 1 aromatic carbocycles. The third-order valence-corrected chi connectivity index (χ3v) is 2.43. The molecule has 0 saturated carbocycles. The Morgan fingerprint density at radius 2 is 1.80 bits per heavy atom. The maximum Gasteiger partial charge on any atom is 0.513 e. The molecule has 20 heavy (non-hydrogen) atoms. The Balaban J connectivity index is 2.74. The number of benzene rings is 1. The van der Waals surface area contributed by atoms with E-state index in [1.54, 1.807) is 0 Å². The number of hydrogen-bond acceptors (Lipinski definition) is 2. The van der Waals surface area contributed by atoms with E-state index >= 15 is 0 Å². The Morgan fingerprint density at radius 3 is 2.30 bits per heavy atom. The minimum absolute atomic E-state index is 0.00171. The van der Waals surface area contributed by atoms with Crippen molar-refractivity contribution in [2.75, 3.05) is 13.7 Å². The first kappa shape index (κ1) is 16.5. The third kappa shape index (κ3) is 5.22. The monoisotopic (exact) mass is 301 g/mol. The van der Waals surface area contributed by atoms with E-state index in [9.17, 15) is 26.1 Å². The summed E-state index contributed by atoms with van der Waals surface area (Å²) in [5.74, 6) is -0.484. The van der Waals surface area contributed by atoms with Crippen LogP contribution in [0.1, 0.15) is 12.8 Å². The molecule has 1 aromatic rings. The first-order valence-corrected chi connectivity index (χ1v) is 5.71. The Kier molecular flexibility index (Phi) is 5.18. The lowest BCUT2D eigenvalue weighted by molar-refractivity contribution is -0.136. The van der Waals surface area contributed by atoms with E-state index in [2.05, 4.69) is 4.74 Å². The molecule has 0 atom stereocenters. The highest BCUT2D eigenvalue weighted by Crippen LogP contribution is 2.24. The van der Waals surface area contributed by atoms with Gasteiger partial charge in [-0.3, -0.25) is 0 Å². The highest BCUT2D eigenvalue weighted by Gasteiger charge is 2.30. The largest absolute Gasteiger partial charge is 0.513 e. The van der Waals surface area contributed by atoms with Gasteiger partial charge in [0.2, 0.25) is 0 Å². The van der Waals surface area contributed by atoms with Crippen LogP contribution in [0.3, 0.4) is 0 Å². The summed E-state index contributed by atoms with van der Waals surface area (Å²) in [6, 6.07) is 3.06. The summed E-state index contributed by atoms with van der Waals surface area (Å²) < 4.78 is 83.6. The van der Waals surface area contributed by atoms with E-state index in [-0.39, 0.29) is 5.75 Å². The lowest BCUT2D eigenvalue weighted by Crippen LogP contribution is -2.35. The molecule has 114 valence electrons. The van der Waals surface area contributed by atoms with Crippen molar-refractivity contribution in [3.63, 3.8) is 0 Å². The average molecular weight is 301 g/mol. The van der Waals surface area contributed by atoms with E-state index in [0.29, 0.717) is 0 Å². The molecule has 0 aliphatic carbocycles. The van der Waals surface area contributed by atoms with E-state index in [1.807, 2.05) is 0 Å². The molecule has 0 N–H and O–H groups in total. The SMILES string of the molecule is COc1ccc(OCCCC(F)(F)F)c([B-](F)(F)F)c1.